The van der Waals surface area contributed by atoms with Crippen molar-refractivity contribution in [2.75, 3.05) is 12.3 Å². The summed E-state index contributed by atoms with van der Waals surface area (Å²) in [5, 5.41) is 0. The highest BCUT2D eigenvalue weighted by Gasteiger charge is 2.13. The van der Waals surface area contributed by atoms with Gasteiger partial charge >= 0.3 is 0 Å². The summed E-state index contributed by atoms with van der Waals surface area (Å²) in [6.07, 6.45) is 1.98. The largest absolute Gasteiger partial charge is 0.476 e. The number of hydrogen-bond acceptors (Lipinski definition) is 5. The SMILES string of the molecule is CCCOc1ncnc(Oc2ccc(F)cc2F)c1N. The van der Waals surface area contributed by atoms with Gasteiger partial charge in [0.15, 0.2) is 17.3 Å². The van der Waals surface area contributed by atoms with Gasteiger partial charge in [-0.25, -0.2) is 8.78 Å². The molecule has 0 atom stereocenters. The van der Waals surface area contributed by atoms with Crippen molar-refractivity contribution >= 4 is 5.69 Å². The van der Waals surface area contributed by atoms with E-state index in [0.29, 0.717) is 12.7 Å². The van der Waals surface area contributed by atoms with Gasteiger partial charge in [0.05, 0.1) is 6.61 Å². The molecule has 2 rings (SSSR count). The maximum atomic E-state index is 13.5. The molecule has 1 heterocycles. The molecule has 0 fully saturated rings. The number of nitrogens with two attached hydrogens (primary N) is 1. The van der Waals surface area contributed by atoms with Gasteiger partial charge in [0.2, 0.25) is 11.8 Å². The maximum absolute atomic E-state index is 13.5. The summed E-state index contributed by atoms with van der Waals surface area (Å²) in [6, 6.07) is 2.93. The van der Waals surface area contributed by atoms with Crippen LogP contribution in [0.2, 0.25) is 0 Å². The van der Waals surface area contributed by atoms with Crippen molar-refractivity contribution in [1.82, 2.24) is 9.97 Å². The highest BCUT2D eigenvalue weighted by atomic mass is 19.1. The zero-order chi connectivity index (χ0) is 14.5. The quantitative estimate of drug-likeness (QED) is 0.912. The van der Waals surface area contributed by atoms with Gasteiger partial charge in [-0.2, -0.15) is 9.97 Å². The van der Waals surface area contributed by atoms with Crippen molar-refractivity contribution in [3.05, 3.63) is 36.2 Å². The summed E-state index contributed by atoms with van der Waals surface area (Å²) >= 11 is 0. The van der Waals surface area contributed by atoms with Crippen LogP contribution in [0.1, 0.15) is 13.3 Å². The van der Waals surface area contributed by atoms with E-state index >= 15 is 0 Å². The van der Waals surface area contributed by atoms with E-state index in [1.807, 2.05) is 6.92 Å². The Morgan fingerprint density at radius 3 is 2.65 bits per heavy atom. The minimum atomic E-state index is -0.848. The smallest absolute Gasteiger partial charge is 0.249 e. The molecule has 0 aliphatic heterocycles. The lowest BCUT2D eigenvalue weighted by molar-refractivity contribution is 0.304. The Morgan fingerprint density at radius 1 is 1.20 bits per heavy atom. The van der Waals surface area contributed by atoms with E-state index in [9.17, 15) is 8.78 Å². The minimum Gasteiger partial charge on any atom is -0.476 e. The van der Waals surface area contributed by atoms with Crippen molar-refractivity contribution in [2.24, 2.45) is 0 Å². The first-order valence-electron chi connectivity index (χ1n) is 5.98. The summed E-state index contributed by atoms with van der Waals surface area (Å²) in [7, 11) is 0. The van der Waals surface area contributed by atoms with Crippen molar-refractivity contribution in [2.45, 2.75) is 13.3 Å². The number of anilines is 1. The van der Waals surface area contributed by atoms with Gasteiger partial charge in [0.25, 0.3) is 0 Å². The summed E-state index contributed by atoms with van der Waals surface area (Å²) in [5.41, 5.74) is 5.84. The van der Waals surface area contributed by atoms with Gasteiger partial charge in [0, 0.05) is 6.07 Å². The Hall–Kier alpha value is -2.44. The van der Waals surface area contributed by atoms with Crippen LogP contribution >= 0.6 is 0 Å². The lowest BCUT2D eigenvalue weighted by atomic mass is 10.3. The third kappa shape index (κ3) is 3.11. The molecule has 1 aromatic heterocycles. The van der Waals surface area contributed by atoms with Crippen molar-refractivity contribution in [3.8, 4) is 17.5 Å². The van der Waals surface area contributed by atoms with Crippen LogP contribution in [0.25, 0.3) is 0 Å². The number of rotatable bonds is 5. The number of nitrogens with zero attached hydrogens (tertiary/aromatic N) is 2. The molecule has 2 N–H and O–H groups in total. The molecule has 0 aliphatic carbocycles. The third-order valence-corrected chi connectivity index (χ3v) is 2.35. The fourth-order valence-electron chi connectivity index (χ4n) is 1.42. The molecule has 5 nitrogen and oxygen atoms in total. The van der Waals surface area contributed by atoms with Crippen LogP contribution in [0, 0.1) is 11.6 Å². The van der Waals surface area contributed by atoms with E-state index < -0.39 is 11.6 Å². The molecule has 0 spiro atoms. The summed E-state index contributed by atoms with van der Waals surface area (Å²) < 4.78 is 36.8. The highest BCUT2D eigenvalue weighted by Crippen LogP contribution is 2.31. The molecule has 0 unspecified atom stereocenters. The van der Waals surface area contributed by atoms with Gasteiger partial charge < -0.3 is 15.2 Å². The van der Waals surface area contributed by atoms with Crippen LogP contribution in [0.5, 0.6) is 17.5 Å². The first-order chi connectivity index (χ1) is 9.61. The standard InChI is InChI=1S/C13H13F2N3O2/c1-2-5-19-12-11(16)13(18-7-17-12)20-10-4-3-8(14)6-9(10)15/h3-4,6-7H,2,5,16H2,1H3. The maximum Gasteiger partial charge on any atom is 0.249 e. The number of halogens is 2. The topological polar surface area (TPSA) is 70.3 Å². The molecule has 106 valence electrons. The van der Waals surface area contributed by atoms with Crippen molar-refractivity contribution < 1.29 is 18.3 Å². The zero-order valence-corrected chi connectivity index (χ0v) is 10.8. The molecule has 20 heavy (non-hydrogen) atoms. The average Bonchev–Trinajstić information content (AvgIpc) is 2.42. The Bertz CT molecular complexity index is 608. The monoisotopic (exact) mass is 281 g/mol. The van der Waals surface area contributed by atoms with E-state index in [2.05, 4.69) is 9.97 Å². The predicted octanol–water partition coefficient (Wildman–Crippen LogP) is 2.92. The molecule has 1 aromatic carbocycles. The van der Waals surface area contributed by atoms with Gasteiger partial charge in [-0.15, -0.1) is 0 Å². The second-order valence-corrected chi connectivity index (χ2v) is 3.92. The van der Waals surface area contributed by atoms with Crippen LogP contribution in [-0.2, 0) is 0 Å². The van der Waals surface area contributed by atoms with Gasteiger partial charge in [0.1, 0.15) is 12.1 Å². The van der Waals surface area contributed by atoms with Gasteiger partial charge in [-0.1, -0.05) is 6.92 Å². The number of nitrogen functional groups attached to an aromatic ring is 1. The zero-order valence-electron chi connectivity index (χ0n) is 10.8. The van der Waals surface area contributed by atoms with Gasteiger partial charge in [-0.05, 0) is 18.6 Å². The highest BCUT2D eigenvalue weighted by molar-refractivity contribution is 5.56. The van der Waals surface area contributed by atoms with Crippen LogP contribution in [-0.4, -0.2) is 16.6 Å². The summed E-state index contributed by atoms with van der Waals surface area (Å²) in [6.45, 7) is 2.37. The fourth-order valence-corrected chi connectivity index (χ4v) is 1.42. The van der Waals surface area contributed by atoms with E-state index in [4.69, 9.17) is 15.2 Å². The number of ether oxygens (including phenoxy) is 2. The Labute approximate surface area is 114 Å². The van der Waals surface area contributed by atoms with E-state index in [1.54, 1.807) is 0 Å². The van der Waals surface area contributed by atoms with Crippen molar-refractivity contribution in [1.29, 1.82) is 0 Å². The van der Waals surface area contributed by atoms with E-state index in [1.165, 1.54) is 6.33 Å². The van der Waals surface area contributed by atoms with Gasteiger partial charge in [-0.3, -0.25) is 0 Å². The Morgan fingerprint density at radius 2 is 1.95 bits per heavy atom. The number of aromatic nitrogens is 2. The molecular formula is C13H13F2N3O2. The molecule has 0 radical (unpaired) electrons. The molecule has 0 saturated carbocycles. The number of benzene rings is 1. The first-order valence-corrected chi connectivity index (χ1v) is 5.98. The fraction of sp³-hybridized carbons (Fsp3) is 0.231. The van der Waals surface area contributed by atoms with Crippen LogP contribution in [0.15, 0.2) is 24.5 Å². The molecule has 0 saturated heterocycles. The minimum absolute atomic E-state index is 0.0448. The Kier molecular flexibility index (Phi) is 4.29. The molecule has 0 aliphatic rings. The second kappa shape index (κ2) is 6.14. The summed E-state index contributed by atoms with van der Waals surface area (Å²) in [5.74, 6) is -1.61. The molecular weight excluding hydrogens is 268 g/mol. The summed E-state index contributed by atoms with van der Waals surface area (Å²) in [4.78, 5) is 7.67. The number of hydrogen-bond donors (Lipinski definition) is 1. The predicted molar refractivity (Wildman–Crippen MR) is 68.7 cm³/mol. The second-order valence-electron chi connectivity index (χ2n) is 3.92. The molecule has 2 aromatic rings. The normalized spacial score (nSPS) is 10.3. The molecule has 0 bridgehead atoms. The Balaban J connectivity index is 2.24. The molecule has 0 amide bonds. The van der Waals surface area contributed by atoms with Crippen molar-refractivity contribution in [3.63, 3.8) is 0 Å². The van der Waals surface area contributed by atoms with Crippen LogP contribution in [0.4, 0.5) is 14.5 Å². The van der Waals surface area contributed by atoms with Crippen LogP contribution in [0.3, 0.4) is 0 Å². The van der Waals surface area contributed by atoms with E-state index in [0.717, 1.165) is 18.6 Å². The lowest BCUT2D eigenvalue weighted by Gasteiger charge is -2.11. The third-order valence-electron chi connectivity index (χ3n) is 2.35. The van der Waals surface area contributed by atoms with Crippen LogP contribution < -0.4 is 15.2 Å². The first kappa shape index (κ1) is 14.0. The lowest BCUT2D eigenvalue weighted by Crippen LogP contribution is -2.04. The molecule has 7 heteroatoms. The average molecular weight is 281 g/mol. The van der Waals surface area contributed by atoms with E-state index in [-0.39, 0.29) is 23.2 Å².